The number of aliphatic hydroxyl groups excluding tert-OH is 1. The summed E-state index contributed by atoms with van der Waals surface area (Å²) in [7, 11) is 1.62. The van der Waals surface area contributed by atoms with Crippen molar-refractivity contribution in [3.05, 3.63) is 29.8 Å². The third kappa shape index (κ3) is 8.00. The number of rotatable bonds is 11. The Morgan fingerprint density at radius 3 is 2.64 bits per heavy atom. The number of ether oxygens (including phenoxy) is 2. The van der Waals surface area contributed by atoms with Crippen LogP contribution >= 0.6 is 0 Å². The Kier molecular flexibility index (Phi) is 9.26. The summed E-state index contributed by atoms with van der Waals surface area (Å²) in [6, 6.07) is 7.57. The number of hydrogen-bond acceptors (Lipinski definition) is 4. The molecule has 124 valence electrons. The third-order valence-electron chi connectivity index (χ3n) is 3.28. The van der Waals surface area contributed by atoms with Crippen LogP contribution in [-0.2, 0) is 16.1 Å². The predicted molar refractivity (Wildman–Crippen MR) is 85.8 cm³/mol. The first-order chi connectivity index (χ1) is 10.7. The van der Waals surface area contributed by atoms with Crippen molar-refractivity contribution >= 4 is 5.91 Å². The topological polar surface area (TPSA) is 67.8 Å². The highest BCUT2D eigenvalue weighted by atomic mass is 16.5. The molecule has 1 atom stereocenters. The van der Waals surface area contributed by atoms with Gasteiger partial charge in [0.05, 0.1) is 26.4 Å². The first-order valence-corrected chi connectivity index (χ1v) is 7.81. The van der Waals surface area contributed by atoms with Gasteiger partial charge in [0.15, 0.2) is 0 Å². The second kappa shape index (κ2) is 11.0. The molecule has 1 aromatic carbocycles. The van der Waals surface area contributed by atoms with Crippen LogP contribution in [0.3, 0.4) is 0 Å². The molecular weight excluding hydrogens is 282 g/mol. The predicted octanol–water partition coefficient (Wildman–Crippen LogP) is 2.27. The van der Waals surface area contributed by atoms with Crippen molar-refractivity contribution in [2.45, 2.75) is 45.3 Å². The number of hydrogen-bond donors (Lipinski definition) is 2. The number of carbonyl (C=O) groups excluding carboxylic acids is 1. The van der Waals surface area contributed by atoms with Gasteiger partial charge in [-0.2, -0.15) is 0 Å². The Labute approximate surface area is 132 Å². The second-order valence-corrected chi connectivity index (χ2v) is 5.28. The monoisotopic (exact) mass is 309 g/mol. The average Bonchev–Trinajstić information content (AvgIpc) is 2.54. The van der Waals surface area contributed by atoms with Crippen LogP contribution in [0.25, 0.3) is 0 Å². The number of carbonyl (C=O) groups is 1. The lowest BCUT2D eigenvalue weighted by Gasteiger charge is -2.12. The van der Waals surface area contributed by atoms with Crippen LogP contribution < -0.4 is 10.1 Å². The fourth-order valence-electron chi connectivity index (χ4n) is 1.95. The van der Waals surface area contributed by atoms with Gasteiger partial charge in [0.1, 0.15) is 5.75 Å². The Morgan fingerprint density at radius 1 is 1.27 bits per heavy atom. The summed E-state index contributed by atoms with van der Waals surface area (Å²) in [5, 5.41) is 12.5. The molecule has 1 amide bonds. The van der Waals surface area contributed by atoms with Crippen LogP contribution in [0.4, 0.5) is 0 Å². The van der Waals surface area contributed by atoms with Gasteiger partial charge in [-0.3, -0.25) is 4.79 Å². The molecule has 0 aliphatic rings. The van der Waals surface area contributed by atoms with E-state index in [0.717, 1.165) is 30.6 Å². The Bertz CT molecular complexity index is 419. The minimum atomic E-state index is -0.687. The van der Waals surface area contributed by atoms with Gasteiger partial charge < -0.3 is 19.9 Å². The summed E-state index contributed by atoms with van der Waals surface area (Å²) in [6.07, 6.45) is 2.88. The number of unbranched alkanes of at least 4 members (excludes halogenated alkanes) is 2. The number of benzene rings is 1. The van der Waals surface area contributed by atoms with Gasteiger partial charge in [0.25, 0.3) is 0 Å². The highest BCUT2D eigenvalue weighted by molar-refractivity contribution is 5.75. The highest BCUT2D eigenvalue weighted by Gasteiger charge is 2.07. The summed E-state index contributed by atoms with van der Waals surface area (Å²) in [4.78, 5) is 11.5. The van der Waals surface area contributed by atoms with Crippen molar-refractivity contribution in [1.82, 2.24) is 5.32 Å². The van der Waals surface area contributed by atoms with E-state index >= 15 is 0 Å². The maximum Gasteiger partial charge on any atom is 0.220 e. The molecule has 0 heterocycles. The molecule has 0 saturated carbocycles. The fourth-order valence-corrected chi connectivity index (χ4v) is 1.95. The van der Waals surface area contributed by atoms with Crippen LogP contribution in [-0.4, -0.2) is 37.4 Å². The first-order valence-electron chi connectivity index (χ1n) is 7.81. The van der Waals surface area contributed by atoms with Crippen molar-refractivity contribution in [3.8, 4) is 5.75 Å². The van der Waals surface area contributed by atoms with Crippen LogP contribution in [0.1, 0.15) is 38.2 Å². The number of amides is 1. The van der Waals surface area contributed by atoms with E-state index in [0.29, 0.717) is 13.0 Å². The second-order valence-electron chi connectivity index (χ2n) is 5.28. The van der Waals surface area contributed by atoms with Crippen molar-refractivity contribution in [2.75, 3.05) is 20.3 Å². The highest BCUT2D eigenvalue weighted by Crippen LogP contribution is 2.11. The Balaban J connectivity index is 2.12. The van der Waals surface area contributed by atoms with Crippen LogP contribution in [0.15, 0.2) is 24.3 Å². The van der Waals surface area contributed by atoms with E-state index < -0.39 is 6.10 Å². The Hall–Kier alpha value is -1.59. The van der Waals surface area contributed by atoms with E-state index in [-0.39, 0.29) is 19.1 Å². The van der Waals surface area contributed by atoms with E-state index in [2.05, 4.69) is 12.2 Å². The largest absolute Gasteiger partial charge is 0.497 e. The molecule has 0 aromatic heterocycles. The van der Waals surface area contributed by atoms with Crippen molar-refractivity contribution < 1.29 is 19.4 Å². The van der Waals surface area contributed by atoms with Gasteiger partial charge in [0.2, 0.25) is 5.91 Å². The van der Waals surface area contributed by atoms with E-state index in [1.165, 1.54) is 0 Å². The van der Waals surface area contributed by atoms with Gasteiger partial charge in [-0.25, -0.2) is 0 Å². The van der Waals surface area contributed by atoms with Gasteiger partial charge in [-0.15, -0.1) is 0 Å². The number of methoxy groups -OCH3 is 1. The third-order valence-corrected chi connectivity index (χ3v) is 3.28. The van der Waals surface area contributed by atoms with Gasteiger partial charge in [0, 0.05) is 13.0 Å². The van der Waals surface area contributed by atoms with Crippen LogP contribution in [0, 0.1) is 0 Å². The molecule has 1 rings (SSSR count). The van der Waals surface area contributed by atoms with Gasteiger partial charge in [-0.1, -0.05) is 31.9 Å². The SMILES string of the molecule is CCCCCC(=O)NC[C@H](O)COCc1ccc(OC)cc1. The van der Waals surface area contributed by atoms with E-state index in [9.17, 15) is 9.90 Å². The van der Waals surface area contributed by atoms with Crippen molar-refractivity contribution in [2.24, 2.45) is 0 Å². The smallest absolute Gasteiger partial charge is 0.220 e. The number of aliphatic hydroxyl groups is 1. The molecule has 0 unspecified atom stereocenters. The zero-order chi connectivity index (χ0) is 16.2. The lowest BCUT2D eigenvalue weighted by atomic mass is 10.2. The van der Waals surface area contributed by atoms with Crippen molar-refractivity contribution in [1.29, 1.82) is 0 Å². The molecule has 5 heteroatoms. The molecule has 0 aliphatic heterocycles. The molecule has 0 aliphatic carbocycles. The minimum absolute atomic E-state index is 0.0114. The lowest BCUT2D eigenvalue weighted by molar-refractivity contribution is -0.121. The summed E-state index contributed by atoms with van der Waals surface area (Å²) >= 11 is 0. The zero-order valence-electron chi connectivity index (χ0n) is 13.5. The molecule has 1 aromatic rings. The normalized spacial score (nSPS) is 12.0. The van der Waals surface area contributed by atoms with Crippen LogP contribution in [0.5, 0.6) is 5.75 Å². The summed E-state index contributed by atoms with van der Waals surface area (Å²) in [6.45, 7) is 2.95. The fraction of sp³-hybridized carbons (Fsp3) is 0.588. The Morgan fingerprint density at radius 2 is 2.00 bits per heavy atom. The average molecular weight is 309 g/mol. The quantitative estimate of drug-likeness (QED) is 0.615. The molecule has 0 radical (unpaired) electrons. The summed E-state index contributed by atoms with van der Waals surface area (Å²) in [5.41, 5.74) is 1.01. The van der Waals surface area contributed by atoms with Gasteiger partial charge in [-0.05, 0) is 24.1 Å². The van der Waals surface area contributed by atoms with Gasteiger partial charge >= 0.3 is 0 Å². The molecule has 0 fully saturated rings. The number of nitrogens with one attached hydrogen (secondary N) is 1. The molecule has 5 nitrogen and oxygen atoms in total. The molecule has 0 saturated heterocycles. The van der Waals surface area contributed by atoms with Crippen LogP contribution in [0.2, 0.25) is 0 Å². The zero-order valence-corrected chi connectivity index (χ0v) is 13.5. The molecule has 0 bridgehead atoms. The molecule has 0 spiro atoms. The maximum atomic E-state index is 11.5. The van der Waals surface area contributed by atoms with E-state index in [1.54, 1.807) is 7.11 Å². The summed E-state index contributed by atoms with van der Waals surface area (Å²) in [5.74, 6) is 0.789. The molecular formula is C17H27NO4. The first kappa shape index (κ1) is 18.5. The lowest BCUT2D eigenvalue weighted by Crippen LogP contribution is -2.34. The van der Waals surface area contributed by atoms with Crippen molar-refractivity contribution in [3.63, 3.8) is 0 Å². The molecule has 2 N–H and O–H groups in total. The standard InChI is InChI=1S/C17H27NO4/c1-3-4-5-6-17(20)18-11-15(19)13-22-12-14-7-9-16(21-2)10-8-14/h7-10,15,19H,3-6,11-13H2,1-2H3,(H,18,20)/t15-/m0/s1. The maximum absolute atomic E-state index is 11.5. The van der Waals surface area contributed by atoms with E-state index in [1.807, 2.05) is 24.3 Å². The molecule has 22 heavy (non-hydrogen) atoms. The van der Waals surface area contributed by atoms with E-state index in [4.69, 9.17) is 9.47 Å². The minimum Gasteiger partial charge on any atom is -0.497 e. The summed E-state index contributed by atoms with van der Waals surface area (Å²) < 4.78 is 10.5.